The monoisotopic (exact) mass is 140 g/mol. The Balaban J connectivity index is 2.11. The van der Waals surface area contributed by atoms with E-state index in [1.807, 2.05) is 0 Å². The molecular weight excluding hydrogens is 128 g/mol. The third-order valence-corrected chi connectivity index (χ3v) is 2.74. The molecule has 0 bridgehead atoms. The van der Waals surface area contributed by atoms with E-state index in [0.717, 1.165) is 19.5 Å². The summed E-state index contributed by atoms with van der Waals surface area (Å²) in [5.74, 6) is 0.856. The summed E-state index contributed by atoms with van der Waals surface area (Å²) in [6, 6.07) is 0. The minimum atomic E-state index is 0.00868. The average molecular weight is 140 g/mol. The molecule has 56 valence electrons. The zero-order valence-corrected chi connectivity index (χ0v) is 6.11. The molecule has 1 heterocycles. The molecule has 2 atom stereocenters. The van der Waals surface area contributed by atoms with Gasteiger partial charge in [-0.3, -0.25) is 4.79 Å². The number of piperidine rings is 1. The number of carbonyl (C=O) groups excluding carboxylic acids is 1. The number of carbonyl (C=O) groups is 1. The van der Waals surface area contributed by atoms with Gasteiger partial charge >= 0.3 is 0 Å². The van der Waals surface area contributed by atoms with E-state index >= 15 is 0 Å². The zero-order chi connectivity index (χ0) is 7.19. The van der Waals surface area contributed by atoms with Gasteiger partial charge in [0, 0.05) is 13.6 Å². The molecule has 0 unspecified atom stereocenters. The maximum absolute atomic E-state index is 11.2. The van der Waals surface area contributed by atoms with Gasteiger partial charge in [0.2, 0.25) is 5.91 Å². The molecule has 0 aromatic heterocycles. The van der Waals surface area contributed by atoms with E-state index in [1.54, 1.807) is 7.05 Å². The van der Waals surface area contributed by atoms with Crippen molar-refractivity contribution in [1.82, 2.24) is 10.6 Å². The van der Waals surface area contributed by atoms with Crippen molar-refractivity contribution in [2.45, 2.75) is 6.42 Å². The maximum atomic E-state index is 11.2. The van der Waals surface area contributed by atoms with Crippen LogP contribution in [0.3, 0.4) is 0 Å². The highest BCUT2D eigenvalue weighted by molar-refractivity contribution is 5.86. The SMILES string of the molecule is CNC(=O)[C@]12CNC[C@@H]1C2. The molecule has 3 heteroatoms. The summed E-state index contributed by atoms with van der Waals surface area (Å²) in [6.07, 6.45) is 1.10. The molecule has 1 saturated heterocycles. The standard InChI is InChI=1S/C7H12N2O/c1-8-6(10)7-2-5(7)3-9-4-7/h5,9H,2-4H2,1H3,(H,8,10)/t5-,7+/m0/s1. The van der Waals surface area contributed by atoms with Crippen molar-refractivity contribution in [2.75, 3.05) is 20.1 Å². The van der Waals surface area contributed by atoms with Crippen LogP contribution in [0.2, 0.25) is 0 Å². The molecular formula is C7H12N2O. The Hall–Kier alpha value is -0.570. The molecule has 0 radical (unpaired) electrons. The molecule has 1 aliphatic heterocycles. The van der Waals surface area contributed by atoms with Crippen LogP contribution in [0.25, 0.3) is 0 Å². The number of nitrogens with one attached hydrogen (secondary N) is 2. The van der Waals surface area contributed by atoms with Gasteiger partial charge in [-0.25, -0.2) is 0 Å². The predicted molar refractivity (Wildman–Crippen MR) is 37.5 cm³/mol. The highest BCUT2D eigenvalue weighted by Crippen LogP contribution is 2.54. The van der Waals surface area contributed by atoms with Crippen molar-refractivity contribution in [3.05, 3.63) is 0 Å². The maximum Gasteiger partial charge on any atom is 0.227 e. The van der Waals surface area contributed by atoms with Crippen molar-refractivity contribution < 1.29 is 4.79 Å². The second-order valence-corrected chi connectivity index (χ2v) is 3.27. The first-order valence-electron chi connectivity index (χ1n) is 3.72. The Morgan fingerprint density at radius 3 is 3.00 bits per heavy atom. The Morgan fingerprint density at radius 2 is 2.60 bits per heavy atom. The Morgan fingerprint density at radius 1 is 1.80 bits per heavy atom. The summed E-state index contributed by atoms with van der Waals surface area (Å²) in [7, 11) is 1.71. The first kappa shape index (κ1) is 6.16. The lowest BCUT2D eigenvalue weighted by molar-refractivity contribution is -0.125. The van der Waals surface area contributed by atoms with Crippen LogP contribution in [0.4, 0.5) is 0 Å². The summed E-state index contributed by atoms with van der Waals surface area (Å²) >= 11 is 0. The average Bonchev–Trinajstić information content (AvgIpc) is 2.54. The van der Waals surface area contributed by atoms with Crippen LogP contribution in [-0.2, 0) is 4.79 Å². The molecule has 2 rings (SSSR count). The van der Waals surface area contributed by atoms with Gasteiger partial charge in [0.25, 0.3) is 0 Å². The topological polar surface area (TPSA) is 41.1 Å². The molecule has 0 aromatic rings. The second-order valence-electron chi connectivity index (χ2n) is 3.27. The lowest BCUT2D eigenvalue weighted by atomic mass is 10.1. The Kier molecular flexibility index (Phi) is 1.06. The lowest BCUT2D eigenvalue weighted by Gasteiger charge is -2.07. The van der Waals surface area contributed by atoms with Crippen molar-refractivity contribution in [3.63, 3.8) is 0 Å². The minimum absolute atomic E-state index is 0.00868. The molecule has 1 amide bonds. The van der Waals surface area contributed by atoms with E-state index in [-0.39, 0.29) is 11.3 Å². The quantitative estimate of drug-likeness (QED) is 0.508. The number of hydrogen-bond acceptors (Lipinski definition) is 2. The first-order valence-corrected chi connectivity index (χ1v) is 3.72. The van der Waals surface area contributed by atoms with Crippen LogP contribution in [-0.4, -0.2) is 26.0 Å². The van der Waals surface area contributed by atoms with Gasteiger partial charge in [0.05, 0.1) is 5.41 Å². The fraction of sp³-hybridized carbons (Fsp3) is 0.857. The van der Waals surface area contributed by atoms with Crippen molar-refractivity contribution >= 4 is 5.91 Å². The Labute approximate surface area is 60.2 Å². The van der Waals surface area contributed by atoms with Gasteiger partial charge in [0.15, 0.2) is 0 Å². The molecule has 2 N–H and O–H groups in total. The van der Waals surface area contributed by atoms with Crippen LogP contribution < -0.4 is 10.6 Å². The van der Waals surface area contributed by atoms with E-state index in [9.17, 15) is 4.79 Å². The smallest absolute Gasteiger partial charge is 0.227 e. The van der Waals surface area contributed by atoms with Gasteiger partial charge in [-0.2, -0.15) is 0 Å². The van der Waals surface area contributed by atoms with Gasteiger partial charge < -0.3 is 10.6 Å². The largest absolute Gasteiger partial charge is 0.359 e. The van der Waals surface area contributed by atoms with Gasteiger partial charge in [0.1, 0.15) is 0 Å². The third-order valence-electron chi connectivity index (χ3n) is 2.74. The summed E-state index contributed by atoms with van der Waals surface area (Å²) in [6.45, 7) is 1.92. The number of hydrogen-bond donors (Lipinski definition) is 2. The fourth-order valence-electron chi connectivity index (χ4n) is 1.94. The number of rotatable bonds is 1. The van der Waals surface area contributed by atoms with Gasteiger partial charge in [-0.05, 0) is 18.9 Å². The van der Waals surface area contributed by atoms with E-state index in [2.05, 4.69) is 10.6 Å². The Bertz CT molecular complexity index is 180. The summed E-state index contributed by atoms with van der Waals surface area (Å²) in [5, 5.41) is 5.93. The van der Waals surface area contributed by atoms with Crippen LogP contribution in [0.5, 0.6) is 0 Å². The van der Waals surface area contributed by atoms with E-state index in [1.165, 1.54) is 0 Å². The molecule has 1 saturated carbocycles. The normalized spacial score (nSPS) is 42.7. The van der Waals surface area contributed by atoms with Gasteiger partial charge in [-0.15, -0.1) is 0 Å². The number of amides is 1. The van der Waals surface area contributed by atoms with Crippen LogP contribution >= 0.6 is 0 Å². The molecule has 1 aliphatic carbocycles. The third kappa shape index (κ3) is 0.560. The molecule has 0 aromatic carbocycles. The fourth-order valence-corrected chi connectivity index (χ4v) is 1.94. The molecule has 0 spiro atoms. The van der Waals surface area contributed by atoms with E-state index in [4.69, 9.17) is 0 Å². The van der Waals surface area contributed by atoms with Crippen molar-refractivity contribution in [2.24, 2.45) is 11.3 Å². The van der Waals surface area contributed by atoms with Crippen molar-refractivity contribution in [3.8, 4) is 0 Å². The lowest BCUT2D eigenvalue weighted by Crippen LogP contribution is -2.33. The van der Waals surface area contributed by atoms with Crippen LogP contribution in [0, 0.1) is 11.3 Å². The highest BCUT2D eigenvalue weighted by Gasteiger charge is 2.62. The summed E-state index contributed by atoms with van der Waals surface area (Å²) < 4.78 is 0. The number of fused-ring (bicyclic) bond motifs is 1. The molecule has 3 nitrogen and oxygen atoms in total. The van der Waals surface area contributed by atoms with E-state index < -0.39 is 0 Å². The molecule has 2 fully saturated rings. The summed E-state index contributed by atoms with van der Waals surface area (Å²) in [5.41, 5.74) is 0.00868. The molecule has 10 heavy (non-hydrogen) atoms. The first-order chi connectivity index (χ1) is 4.79. The predicted octanol–water partition coefficient (Wildman–Crippen LogP) is -0.658. The zero-order valence-electron chi connectivity index (χ0n) is 6.11. The summed E-state index contributed by atoms with van der Waals surface area (Å²) in [4.78, 5) is 11.2. The van der Waals surface area contributed by atoms with Crippen molar-refractivity contribution in [1.29, 1.82) is 0 Å². The van der Waals surface area contributed by atoms with E-state index in [0.29, 0.717) is 5.92 Å². The second kappa shape index (κ2) is 1.72. The van der Waals surface area contributed by atoms with Crippen LogP contribution in [0.15, 0.2) is 0 Å². The minimum Gasteiger partial charge on any atom is -0.359 e. The molecule has 2 aliphatic rings. The van der Waals surface area contributed by atoms with Gasteiger partial charge in [-0.1, -0.05) is 0 Å². The van der Waals surface area contributed by atoms with Crippen LogP contribution in [0.1, 0.15) is 6.42 Å². The highest BCUT2D eigenvalue weighted by atomic mass is 16.2.